The summed E-state index contributed by atoms with van der Waals surface area (Å²) >= 11 is 0. The van der Waals surface area contributed by atoms with Crippen LogP contribution in [-0.4, -0.2) is 13.3 Å². The molecule has 0 aliphatic heterocycles. The van der Waals surface area contributed by atoms with Gasteiger partial charge in [-0.1, -0.05) is 17.3 Å². The molecule has 3 aliphatic carbocycles. The van der Waals surface area contributed by atoms with Crippen molar-refractivity contribution in [2.75, 3.05) is 7.11 Å². The highest BCUT2D eigenvalue weighted by Gasteiger charge is 2.69. The Morgan fingerprint density at radius 3 is 3.00 bits per heavy atom. The molecule has 2 fully saturated rings. The summed E-state index contributed by atoms with van der Waals surface area (Å²) in [7, 11) is 1.61. The van der Waals surface area contributed by atoms with E-state index in [9.17, 15) is 0 Å². The van der Waals surface area contributed by atoms with Crippen LogP contribution >= 0.6 is 0 Å². The van der Waals surface area contributed by atoms with Crippen molar-refractivity contribution in [1.82, 2.24) is 0 Å². The Bertz CT molecular complexity index is 271. The fourth-order valence-corrected chi connectivity index (χ4v) is 3.11. The molecule has 0 saturated heterocycles. The average molecular weight is 163 g/mol. The van der Waals surface area contributed by atoms with Crippen LogP contribution < -0.4 is 0 Å². The minimum atomic E-state index is 0.627. The van der Waals surface area contributed by atoms with Crippen LogP contribution in [0, 0.1) is 23.2 Å². The van der Waals surface area contributed by atoms with E-state index in [0.29, 0.717) is 11.3 Å². The second kappa shape index (κ2) is 1.93. The van der Waals surface area contributed by atoms with Crippen LogP contribution in [0.25, 0.3) is 0 Å². The van der Waals surface area contributed by atoms with E-state index >= 15 is 0 Å². The van der Waals surface area contributed by atoms with E-state index in [1.165, 1.54) is 12.8 Å². The van der Waals surface area contributed by atoms with Gasteiger partial charge in [-0.3, -0.25) is 0 Å². The number of hydrogen-bond acceptors (Lipinski definition) is 2. The Morgan fingerprint density at radius 1 is 1.50 bits per heavy atom. The second-order valence-electron chi connectivity index (χ2n) is 4.19. The first kappa shape index (κ1) is 6.70. The van der Waals surface area contributed by atoms with Crippen molar-refractivity contribution in [2.24, 2.45) is 28.3 Å². The molecule has 0 aromatic heterocycles. The standard InChI is InChI=1S/C10H13NO/c1-12-11-6-9-4-7-2-3-8-5-10(7,8)9/h2-3,6-9H,4-5H2,1H3/b11-6+/t7-,8-,9?,10?/m1/s1. The zero-order chi connectivity index (χ0) is 8.18. The highest BCUT2D eigenvalue weighted by atomic mass is 16.6. The quantitative estimate of drug-likeness (QED) is 0.346. The highest BCUT2D eigenvalue weighted by molar-refractivity contribution is 5.66. The maximum Gasteiger partial charge on any atom is 0.106 e. The van der Waals surface area contributed by atoms with Crippen molar-refractivity contribution < 1.29 is 4.84 Å². The van der Waals surface area contributed by atoms with Gasteiger partial charge >= 0.3 is 0 Å². The Morgan fingerprint density at radius 2 is 2.33 bits per heavy atom. The molecule has 0 bridgehead atoms. The van der Waals surface area contributed by atoms with Crippen molar-refractivity contribution in [3.63, 3.8) is 0 Å². The number of nitrogens with zero attached hydrogens (tertiary/aromatic N) is 1. The molecule has 1 spiro atoms. The van der Waals surface area contributed by atoms with Crippen molar-refractivity contribution in [3.05, 3.63) is 12.2 Å². The lowest BCUT2D eigenvalue weighted by molar-refractivity contribution is 0.135. The number of allylic oxidation sites excluding steroid dienone is 2. The van der Waals surface area contributed by atoms with Crippen molar-refractivity contribution in [2.45, 2.75) is 12.8 Å². The van der Waals surface area contributed by atoms with E-state index in [-0.39, 0.29) is 0 Å². The zero-order valence-corrected chi connectivity index (χ0v) is 7.23. The van der Waals surface area contributed by atoms with Crippen LogP contribution in [0.4, 0.5) is 0 Å². The summed E-state index contributed by atoms with van der Waals surface area (Å²) in [5.74, 6) is 2.45. The van der Waals surface area contributed by atoms with E-state index in [4.69, 9.17) is 4.84 Å². The van der Waals surface area contributed by atoms with E-state index in [2.05, 4.69) is 17.3 Å². The maximum absolute atomic E-state index is 4.71. The van der Waals surface area contributed by atoms with Gasteiger partial charge in [-0.15, -0.1) is 0 Å². The molecule has 0 heterocycles. The minimum absolute atomic E-state index is 0.627. The molecule has 0 radical (unpaired) electrons. The van der Waals surface area contributed by atoms with Crippen LogP contribution in [-0.2, 0) is 4.84 Å². The van der Waals surface area contributed by atoms with Gasteiger partial charge in [-0.25, -0.2) is 0 Å². The van der Waals surface area contributed by atoms with Crippen LogP contribution in [0.2, 0.25) is 0 Å². The third-order valence-electron chi connectivity index (χ3n) is 3.91. The Labute approximate surface area is 72.3 Å². The molecule has 0 aromatic carbocycles. The van der Waals surface area contributed by atoms with Gasteiger partial charge in [0.05, 0.1) is 0 Å². The minimum Gasteiger partial charge on any atom is -0.399 e. The summed E-state index contributed by atoms with van der Waals surface area (Å²) < 4.78 is 0. The zero-order valence-electron chi connectivity index (χ0n) is 7.23. The smallest absolute Gasteiger partial charge is 0.106 e. The predicted octanol–water partition coefficient (Wildman–Crippen LogP) is 1.83. The van der Waals surface area contributed by atoms with Gasteiger partial charge in [0.2, 0.25) is 0 Å². The number of oxime groups is 1. The van der Waals surface area contributed by atoms with Gasteiger partial charge in [0.15, 0.2) is 0 Å². The topological polar surface area (TPSA) is 21.6 Å². The molecule has 12 heavy (non-hydrogen) atoms. The third kappa shape index (κ3) is 0.563. The average Bonchev–Trinajstić information content (AvgIpc) is 2.74. The molecular formula is C10H13NO. The molecule has 3 aliphatic rings. The van der Waals surface area contributed by atoms with Crippen molar-refractivity contribution in [3.8, 4) is 0 Å². The van der Waals surface area contributed by atoms with Gasteiger partial charge in [0, 0.05) is 12.1 Å². The van der Waals surface area contributed by atoms with E-state index < -0.39 is 0 Å². The van der Waals surface area contributed by atoms with Crippen LogP contribution in [0.1, 0.15) is 12.8 Å². The first-order chi connectivity index (χ1) is 5.88. The normalized spacial score (nSPS) is 53.2. The van der Waals surface area contributed by atoms with E-state index in [1.54, 1.807) is 7.11 Å². The van der Waals surface area contributed by atoms with Gasteiger partial charge in [0.25, 0.3) is 0 Å². The monoisotopic (exact) mass is 163 g/mol. The first-order valence-corrected chi connectivity index (χ1v) is 4.63. The highest BCUT2D eigenvalue weighted by Crippen LogP contribution is 2.75. The van der Waals surface area contributed by atoms with Gasteiger partial charge in [0.1, 0.15) is 7.11 Å². The Hall–Kier alpha value is -0.790. The summed E-state index contributed by atoms with van der Waals surface area (Å²) in [5.41, 5.74) is 0.627. The summed E-state index contributed by atoms with van der Waals surface area (Å²) in [6.45, 7) is 0. The fourth-order valence-electron chi connectivity index (χ4n) is 3.11. The lowest BCUT2D eigenvalue weighted by atomic mass is 9.63. The van der Waals surface area contributed by atoms with Crippen molar-refractivity contribution >= 4 is 6.21 Å². The predicted molar refractivity (Wildman–Crippen MR) is 46.8 cm³/mol. The first-order valence-electron chi connectivity index (χ1n) is 4.63. The lowest BCUT2D eigenvalue weighted by Crippen LogP contribution is -2.38. The largest absolute Gasteiger partial charge is 0.399 e. The van der Waals surface area contributed by atoms with Gasteiger partial charge in [-0.2, -0.15) is 0 Å². The molecule has 64 valence electrons. The van der Waals surface area contributed by atoms with E-state index in [1.807, 2.05) is 6.21 Å². The molecule has 2 heteroatoms. The molecule has 3 rings (SSSR count). The summed E-state index contributed by atoms with van der Waals surface area (Å²) in [6, 6.07) is 0. The summed E-state index contributed by atoms with van der Waals surface area (Å²) in [6.07, 6.45) is 9.48. The van der Waals surface area contributed by atoms with Crippen LogP contribution in [0.15, 0.2) is 17.3 Å². The number of hydrogen-bond donors (Lipinski definition) is 0. The molecule has 2 unspecified atom stereocenters. The summed E-state index contributed by atoms with van der Waals surface area (Å²) in [4.78, 5) is 4.71. The molecule has 0 amide bonds. The van der Waals surface area contributed by atoms with E-state index in [0.717, 1.165) is 11.8 Å². The van der Waals surface area contributed by atoms with Crippen LogP contribution in [0.5, 0.6) is 0 Å². The number of rotatable bonds is 2. The van der Waals surface area contributed by atoms with Crippen molar-refractivity contribution in [1.29, 1.82) is 0 Å². The summed E-state index contributed by atoms with van der Waals surface area (Å²) in [5, 5.41) is 3.87. The van der Waals surface area contributed by atoms with Crippen LogP contribution in [0.3, 0.4) is 0 Å². The lowest BCUT2D eigenvalue weighted by Gasteiger charge is -2.40. The Balaban J connectivity index is 1.76. The fraction of sp³-hybridized carbons (Fsp3) is 0.700. The second-order valence-corrected chi connectivity index (χ2v) is 4.19. The van der Waals surface area contributed by atoms with Gasteiger partial charge in [-0.05, 0) is 30.1 Å². The Kier molecular flexibility index (Phi) is 1.07. The molecule has 0 aromatic rings. The molecule has 2 nitrogen and oxygen atoms in total. The maximum atomic E-state index is 4.71. The SMILES string of the molecule is CO/N=C/C1C[C@H]2C=C[C@@H]3CC123. The third-order valence-corrected chi connectivity index (χ3v) is 3.91. The van der Waals surface area contributed by atoms with Gasteiger partial charge < -0.3 is 4.84 Å². The molecule has 0 N–H and O–H groups in total. The molecule has 4 atom stereocenters. The molecular weight excluding hydrogens is 150 g/mol. The molecule has 2 saturated carbocycles.